The van der Waals surface area contributed by atoms with Crippen molar-refractivity contribution in [1.82, 2.24) is 0 Å². The van der Waals surface area contributed by atoms with Gasteiger partial charge in [-0.15, -0.1) is 0 Å². The number of aryl methyl sites for hydroxylation is 4. The van der Waals surface area contributed by atoms with E-state index >= 15 is 0 Å². The van der Waals surface area contributed by atoms with Gasteiger partial charge in [0.25, 0.3) is 0 Å². The molecule has 7 aromatic rings. The number of anilines is 6. The van der Waals surface area contributed by atoms with Gasteiger partial charge >= 0.3 is 0 Å². The number of rotatable bonds is 6. The quantitative estimate of drug-likeness (QED) is 0.170. The van der Waals surface area contributed by atoms with E-state index in [1.165, 1.54) is 101 Å². The second kappa shape index (κ2) is 12.4. The minimum atomic E-state index is -0.169. The first-order valence-corrected chi connectivity index (χ1v) is 19.3. The van der Waals surface area contributed by atoms with Crippen molar-refractivity contribution in [1.29, 1.82) is 0 Å². The average molecular weight is 701 g/mol. The topological polar surface area (TPSA) is 6.48 Å². The Morgan fingerprint density at radius 1 is 0.315 bits per heavy atom. The van der Waals surface area contributed by atoms with Crippen molar-refractivity contribution in [2.75, 3.05) is 9.80 Å². The highest BCUT2D eigenvalue weighted by Gasteiger charge is 2.42. The molecule has 0 heterocycles. The van der Waals surface area contributed by atoms with Crippen LogP contribution in [0.5, 0.6) is 0 Å². The number of nitrogens with zero attached hydrogens (tertiary/aromatic N) is 2. The van der Waals surface area contributed by atoms with Gasteiger partial charge in [-0.05, 0) is 155 Å². The lowest BCUT2D eigenvalue weighted by Gasteiger charge is -2.30. The van der Waals surface area contributed by atoms with Crippen molar-refractivity contribution < 1.29 is 0 Å². The van der Waals surface area contributed by atoms with Gasteiger partial charge in [0.2, 0.25) is 0 Å². The summed E-state index contributed by atoms with van der Waals surface area (Å²) >= 11 is 0. The Morgan fingerprint density at radius 2 is 0.593 bits per heavy atom. The molecule has 0 N–H and O–H groups in total. The third-order valence-corrected chi connectivity index (χ3v) is 12.4. The lowest BCUT2D eigenvalue weighted by Crippen LogP contribution is -2.18. The van der Waals surface area contributed by atoms with Crippen LogP contribution in [-0.2, 0) is 10.8 Å². The van der Waals surface area contributed by atoms with Crippen LogP contribution in [0.15, 0.2) is 146 Å². The van der Waals surface area contributed by atoms with Crippen LogP contribution in [0, 0.1) is 27.7 Å². The zero-order chi connectivity index (χ0) is 37.5. The highest BCUT2D eigenvalue weighted by molar-refractivity contribution is 5.93. The fourth-order valence-electron chi connectivity index (χ4n) is 9.29. The first-order chi connectivity index (χ1) is 26.0. The van der Waals surface area contributed by atoms with Gasteiger partial charge in [-0.2, -0.15) is 0 Å². The average Bonchev–Trinajstić information content (AvgIpc) is 3.52. The Hall–Kier alpha value is -5.86. The molecule has 266 valence electrons. The van der Waals surface area contributed by atoms with Gasteiger partial charge in [0, 0.05) is 45.0 Å². The van der Waals surface area contributed by atoms with Crippen LogP contribution in [0.1, 0.15) is 72.2 Å². The van der Waals surface area contributed by atoms with Crippen molar-refractivity contribution in [3.8, 4) is 22.3 Å². The predicted molar refractivity (Wildman–Crippen MR) is 230 cm³/mol. The lowest BCUT2D eigenvalue weighted by molar-refractivity contribution is 0.652. The van der Waals surface area contributed by atoms with Crippen LogP contribution in [0.25, 0.3) is 22.3 Å². The molecule has 0 aromatic heterocycles. The molecule has 0 spiro atoms. The van der Waals surface area contributed by atoms with Crippen LogP contribution in [-0.4, -0.2) is 0 Å². The molecule has 0 atom stereocenters. The summed E-state index contributed by atoms with van der Waals surface area (Å²) in [5, 5.41) is 0. The number of benzene rings is 7. The normalized spacial score (nSPS) is 14.2. The number of hydrogen-bond donors (Lipinski definition) is 0. The summed E-state index contributed by atoms with van der Waals surface area (Å²) in [7, 11) is 0. The van der Waals surface area contributed by atoms with Crippen molar-refractivity contribution in [2.24, 2.45) is 0 Å². The maximum Gasteiger partial charge on any atom is 0.0490 e. The van der Waals surface area contributed by atoms with Crippen LogP contribution >= 0.6 is 0 Å². The van der Waals surface area contributed by atoms with E-state index in [-0.39, 0.29) is 10.8 Å². The molecule has 7 aromatic carbocycles. The molecule has 2 heteroatoms. The minimum Gasteiger partial charge on any atom is -0.310 e. The molecule has 0 saturated carbocycles. The van der Waals surface area contributed by atoms with Crippen LogP contribution in [0.4, 0.5) is 34.1 Å². The first-order valence-electron chi connectivity index (χ1n) is 19.3. The van der Waals surface area contributed by atoms with Gasteiger partial charge in [0.15, 0.2) is 0 Å². The summed E-state index contributed by atoms with van der Waals surface area (Å²) in [6.07, 6.45) is 0. The second-order valence-corrected chi connectivity index (χ2v) is 16.5. The molecule has 0 aliphatic heterocycles. The van der Waals surface area contributed by atoms with Crippen LogP contribution in [0.2, 0.25) is 0 Å². The third kappa shape index (κ3) is 5.07. The zero-order valence-electron chi connectivity index (χ0n) is 32.8. The maximum atomic E-state index is 2.53. The van der Waals surface area contributed by atoms with E-state index in [9.17, 15) is 0 Å². The van der Waals surface area contributed by atoms with Crippen molar-refractivity contribution >= 4 is 34.1 Å². The summed E-state index contributed by atoms with van der Waals surface area (Å²) in [5.74, 6) is 0. The Balaban J connectivity index is 1.16. The molecule has 0 amide bonds. The molecule has 0 bridgehead atoms. The smallest absolute Gasteiger partial charge is 0.0490 e. The predicted octanol–water partition coefficient (Wildman–Crippen LogP) is 14.5. The summed E-state index contributed by atoms with van der Waals surface area (Å²) < 4.78 is 0. The van der Waals surface area contributed by atoms with Crippen molar-refractivity contribution in [2.45, 2.75) is 66.2 Å². The first kappa shape index (κ1) is 33.9. The maximum absolute atomic E-state index is 2.53. The van der Waals surface area contributed by atoms with Crippen molar-refractivity contribution in [3.63, 3.8) is 0 Å². The second-order valence-electron chi connectivity index (χ2n) is 16.5. The third-order valence-electron chi connectivity index (χ3n) is 12.4. The Labute approximate surface area is 321 Å². The summed E-state index contributed by atoms with van der Waals surface area (Å²) in [5.41, 5.74) is 22.9. The molecule has 0 saturated heterocycles. The molecule has 54 heavy (non-hydrogen) atoms. The Kier molecular flexibility index (Phi) is 7.76. The molecule has 9 rings (SSSR count). The SMILES string of the molecule is Cc1ccccc1N(c1ccc2c(c1)C(C)(C)c1cc3c(cc1-2)C(C)(C)c1cc(N(c2ccccc2C)c2ccccc2C)ccc1-3)c1ccccc1C. The molecular formula is C52H48N2. The van der Waals surface area contributed by atoms with Crippen LogP contribution in [0.3, 0.4) is 0 Å². The fraction of sp³-hybridized carbons (Fsp3) is 0.192. The van der Waals surface area contributed by atoms with Crippen LogP contribution < -0.4 is 9.80 Å². The molecule has 0 unspecified atom stereocenters. The van der Waals surface area contributed by atoms with E-state index < -0.39 is 0 Å². The molecular weight excluding hydrogens is 653 g/mol. The van der Waals surface area contributed by atoms with E-state index in [0.29, 0.717) is 0 Å². The van der Waals surface area contributed by atoms with Gasteiger partial charge in [-0.1, -0.05) is 113 Å². The number of fused-ring (bicyclic) bond motifs is 6. The van der Waals surface area contributed by atoms with E-state index in [2.05, 4.69) is 211 Å². The van der Waals surface area contributed by atoms with Gasteiger partial charge in [0.05, 0.1) is 0 Å². The fourth-order valence-corrected chi connectivity index (χ4v) is 9.29. The van der Waals surface area contributed by atoms with Gasteiger partial charge in [-0.3, -0.25) is 0 Å². The lowest BCUT2D eigenvalue weighted by atomic mass is 9.79. The zero-order valence-corrected chi connectivity index (χ0v) is 32.8. The highest BCUT2D eigenvalue weighted by atomic mass is 15.2. The molecule has 2 aliphatic carbocycles. The van der Waals surface area contributed by atoms with Crippen molar-refractivity contribution in [3.05, 3.63) is 190 Å². The Bertz CT molecular complexity index is 2350. The molecule has 2 aliphatic rings. The van der Waals surface area contributed by atoms with E-state index in [4.69, 9.17) is 0 Å². The molecule has 0 radical (unpaired) electrons. The number of hydrogen-bond acceptors (Lipinski definition) is 2. The molecule has 2 nitrogen and oxygen atoms in total. The highest BCUT2D eigenvalue weighted by Crippen LogP contribution is 2.57. The summed E-state index contributed by atoms with van der Waals surface area (Å²) in [4.78, 5) is 4.89. The summed E-state index contributed by atoms with van der Waals surface area (Å²) in [6.45, 7) is 18.5. The Morgan fingerprint density at radius 3 is 0.889 bits per heavy atom. The van der Waals surface area contributed by atoms with E-state index in [0.717, 1.165) is 0 Å². The monoisotopic (exact) mass is 700 g/mol. The molecule has 0 fully saturated rings. The van der Waals surface area contributed by atoms with Gasteiger partial charge in [-0.25, -0.2) is 0 Å². The van der Waals surface area contributed by atoms with Gasteiger partial charge < -0.3 is 9.80 Å². The standard InChI is InChI=1S/C52H48N2/c1-33-17-9-13-21-47(33)53(48-22-14-10-18-34(48)2)37-25-27-39-41-31-46-42(32-45(41)51(5,6)43(39)29-37)40-28-26-38(30-44(40)52(46,7)8)54(49-23-15-11-19-35(49)3)50-24-16-12-20-36(50)4/h9-32H,1-8H3. The van der Waals surface area contributed by atoms with Gasteiger partial charge in [0.1, 0.15) is 0 Å². The number of para-hydroxylation sites is 4. The summed E-state index contributed by atoms with van der Waals surface area (Å²) in [6, 6.07) is 54.3. The minimum absolute atomic E-state index is 0.169. The van der Waals surface area contributed by atoms with E-state index in [1.54, 1.807) is 0 Å². The van der Waals surface area contributed by atoms with E-state index in [1.807, 2.05) is 0 Å². The largest absolute Gasteiger partial charge is 0.310 e.